The molecule has 0 aromatic heterocycles. The summed E-state index contributed by atoms with van der Waals surface area (Å²) < 4.78 is 44.1. The summed E-state index contributed by atoms with van der Waals surface area (Å²) in [6.07, 6.45) is 53.8. The maximum atomic E-state index is 13.1. The zero-order valence-corrected chi connectivity index (χ0v) is 79.9. The molecule has 1 fully saturated rings. The summed E-state index contributed by atoms with van der Waals surface area (Å²) in [5.74, 6) is 3.10. The predicted octanol–water partition coefficient (Wildman–Crippen LogP) is 21.1. The lowest BCUT2D eigenvalue weighted by Crippen LogP contribution is -2.47. The number of nitrogens with zero attached hydrogens (tertiary/aromatic N) is 4. The molecule has 24 heteroatoms. The molecule has 0 bridgehead atoms. The molecule has 118 heavy (non-hydrogen) atoms. The number of hydrogen-bond acceptors (Lipinski definition) is 24. The Morgan fingerprint density at radius 1 is 0.246 bits per heavy atom. The molecule has 0 aliphatic carbocycles. The highest BCUT2D eigenvalue weighted by Crippen LogP contribution is 2.22. The second-order valence-corrected chi connectivity index (χ2v) is 37.9. The van der Waals surface area contributed by atoms with Crippen molar-refractivity contribution in [1.29, 1.82) is 0 Å². The molecule has 4 unspecified atom stereocenters. The van der Waals surface area contributed by atoms with Gasteiger partial charge in [0, 0.05) is 75.4 Å². The molecule has 4 atom stereocenters. The summed E-state index contributed by atoms with van der Waals surface area (Å²) in [6.45, 7) is 24.2. The van der Waals surface area contributed by atoms with Crippen LogP contribution in [0.15, 0.2) is 0 Å². The molecule has 1 saturated heterocycles. The molecular weight excluding hydrogens is 1570 g/mol. The van der Waals surface area contributed by atoms with Crippen LogP contribution in [-0.2, 0) is 76.3 Å². The summed E-state index contributed by atoms with van der Waals surface area (Å²) >= 11 is 7.16. The number of esters is 8. The molecule has 20 nitrogen and oxygen atoms in total. The van der Waals surface area contributed by atoms with Crippen LogP contribution in [0, 0.1) is 23.7 Å². The Morgan fingerprint density at radius 3 is 0.619 bits per heavy atom. The van der Waals surface area contributed by atoms with E-state index in [1.807, 2.05) is 27.7 Å². The molecular formula is C94H176N4O16S4. The van der Waals surface area contributed by atoms with Crippen LogP contribution in [0.1, 0.15) is 351 Å². The Bertz CT molecular complexity index is 2090. The molecule has 0 spiro atoms. The van der Waals surface area contributed by atoms with E-state index in [-0.39, 0.29) is 126 Å². The Labute approximate surface area is 737 Å². The van der Waals surface area contributed by atoms with E-state index < -0.39 is 23.9 Å². The molecule has 0 N–H and O–H groups in total. The fraction of sp³-hybridized carbons (Fsp3) is 0.915. The smallest absolute Gasteiger partial charge is 0.309 e. The Morgan fingerprint density at radius 2 is 0.424 bits per heavy atom. The van der Waals surface area contributed by atoms with Crippen molar-refractivity contribution in [3.63, 3.8) is 0 Å². The first kappa shape index (κ1) is 113. The average molecular weight is 1750 g/mol. The lowest BCUT2D eigenvalue weighted by atomic mass is 10.1. The Balaban J connectivity index is 2.79. The van der Waals surface area contributed by atoms with Crippen LogP contribution in [0.3, 0.4) is 0 Å². The van der Waals surface area contributed by atoms with Crippen molar-refractivity contribution in [3.05, 3.63) is 0 Å². The van der Waals surface area contributed by atoms with Gasteiger partial charge in [-0.2, -0.15) is 47.0 Å². The highest BCUT2D eigenvalue weighted by molar-refractivity contribution is 7.99. The van der Waals surface area contributed by atoms with Crippen LogP contribution in [-0.4, -0.2) is 245 Å². The zero-order chi connectivity index (χ0) is 86.0. The van der Waals surface area contributed by atoms with Crippen LogP contribution in [0.4, 0.5) is 0 Å². The molecule has 0 aromatic carbocycles. The first-order valence-corrected chi connectivity index (χ1v) is 52.6. The SMILES string of the molecule is CCCCCCCCCCCCSCC(C)C(=O)OCCOC(=O)CCN(CCCN1CCN(CCCN(CCC(=O)OCCOC(=O)C(C)CSCCCCCCCCCCCC)CCC(=O)OCCOC(=O)C(C)CSCCCCCCCCCCCC)CC1)CCC(=O)OCCOC(=O)C(C)CSCCCCCCCCCCCC. The zero-order valence-electron chi connectivity index (χ0n) is 76.6. The van der Waals surface area contributed by atoms with E-state index in [0.717, 1.165) is 101 Å². The van der Waals surface area contributed by atoms with Crippen LogP contribution < -0.4 is 0 Å². The standard InChI is InChI=1S/C94H176N4O16S4/c1-9-13-17-21-25-29-33-37-41-45-75-115-79-83(5)91(103)111-71-67-107-87(99)51-59-95(60-52-88(100)108-68-72-112-92(104)84(6)80-116-76-46-42-38-34-30-26-22-18-14-10-2)55-49-57-97-63-65-98(66-64-97)58-50-56-96(61-53-89(101)109-69-73-113-93(105)85(7)81-117-77-47-43-39-35-31-27-23-19-15-11-3)62-54-90(102)110-70-74-114-94(106)86(8)82-118-78-48-44-40-36-32-28-24-20-16-12-4/h83-86H,9-82H2,1-8H3. The normalized spacial score (nSPS) is 13.6. The minimum atomic E-state index is -0.410. The second kappa shape index (κ2) is 84.8. The van der Waals surface area contributed by atoms with E-state index in [4.69, 9.17) is 37.9 Å². The third-order valence-electron chi connectivity index (χ3n) is 21.9. The fourth-order valence-electron chi connectivity index (χ4n) is 14.1. The topological polar surface area (TPSA) is 223 Å². The molecule has 1 heterocycles. The minimum Gasteiger partial charge on any atom is -0.462 e. The number of unbranched alkanes of at least 4 members (excludes halogenated alkanes) is 36. The van der Waals surface area contributed by atoms with Gasteiger partial charge in [-0.25, -0.2) is 0 Å². The Hall–Kier alpha value is -3.00. The first-order valence-electron chi connectivity index (χ1n) is 48.0. The quantitative estimate of drug-likeness (QED) is 0.0313. The highest BCUT2D eigenvalue weighted by atomic mass is 32.2. The van der Waals surface area contributed by atoms with E-state index in [1.165, 1.54) is 231 Å². The van der Waals surface area contributed by atoms with Gasteiger partial charge < -0.3 is 57.5 Å². The molecule has 1 rings (SSSR count). The fourth-order valence-corrected chi connectivity index (χ4v) is 18.3. The minimum absolute atomic E-state index is 0.00840. The van der Waals surface area contributed by atoms with Crippen LogP contribution in [0.25, 0.3) is 0 Å². The average Bonchev–Trinajstić information content (AvgIpc) is 0.902. The maximum Gasteiger partial charge on any atom is 0.309 e. The molecule has 0 aromatic rings. The van der Waals surface area contributed by atoms with Gasteiger partial charge >= 0.3 is 47.8 Å². The monoisotopic (exact) mass is 1750 g/mol. The van der Waals surface area contributed by atoms with Gasteiger partial charge in [0.15, 0.2) is 0 Å². The molecule has 1 aliphatic heterocycles. The molecule has 0 saturated carbocycles. The number of rotatable bonds is 88. The van der Waals surface area contributed by atoms with Gasteiger partial charge in [-0.05, 0) is 87.7 Å². The van der Waals surface area contributed by atoms with E-state index in [2.05, 4.69) is 47.3 Å². The number of hydrogen-bond donors (Lipinski definition) is 0. The van der Waals surface area contributed by atoms with Gasteiger partial charge in [-0.15, -0.1) is 0 Å². The van der Waals surface area contributed by atoms with Gasteiger partial charge in [0.25, 0.3) is 0 Å². The van der Waals surface area contributed by atoms with Gasteiger partial charge in [-0.3, -0.25) is 38.4 Å². The first-order chi connectivity index (χ1) is 57.5. The van der Waals surface area contributed by atoms with Crippen molar-refractivity contribution in [2.75, 3.05) is 177 Å². The number of carbonyl (C=O) groups excluding carboxylic acids is 8. The van der Waals surface area contributed by atoms with Gasteiger partial charge in [0.2, 0.25) is 0 Å². The van der Waals surface area contributed by atoms with Crippen molar-refractivity contribution in [2.24, 2.45) is 23.7 Å². The lowest BCUT2D eigenvalue weighted by Gasteiger charge is -2.35. The molecule has 0 amide bonds. The summed E-state index contributed by atoms with van der Waals surface area (Å²) in [4.78, 5) is 113. The maximum absolute atomic E-state index is 13.1. The van der Waals surface area contributed by atoms with Gasteiger partial charge in [0.05, 0.1) is 49.4 Å². The summed E-state index contributed by atoms with van der Waals surface area (Å²) in [5.41, 5.74) is 0. The third-order valence-corrected chi connectivity index (χ3v) is 27.2. The molecule has 0 radical (unpaired) electrons. The number of carbonyl (C=O) groups is 8. The second-order valence-electron chi connectivity index (χ2n) is 33.3. The van der Waals surface area contributed by atoms with E-state index in [9.17, 15) is 38.4 Å². The van der Waals surface area contributed by atoms with Crippen molar-refractivity contribution in [2.45, 2.75) is 351 Å². The third kappa shape index (κ3) is 73.4. The number of piperazine rings is 1. The number of ether oxygens (including phenoxy) is 8. The largest absolute Gasteiger partial charge is 0.462 e. The summed E-state index contributed by atoms with van der Waals surface area (Å²) in [7, 11) is 0. The molecule has 1 aliphatic rings. The van der Waals surface area contributed by atoms with Crippen molar-refractivity contribution < 1.29 is 76.3 Å². The van der Waals surface area contributed by atoms with Crippen molar-refractivity contribution >= 4 is 94.8 Å². The molecule has 692 valence electrons. The number of thioether (sulfide) groups is 4. The van der Waals surface area contributed by atoms with Gasteiger partial charge in [-0.1, -0.05) is 287 Å². The van der Waals surface area contributed by atoms with Crippen molar-refractivity contribution in [1.82, 2.24) is 19.6 Å². The van der Waals surface area contributed by atoms with Crippen LogP contribution in [0.5, 0.6) is 0 Å². The van der Waals surface area contributed by atoms with E-state index in [0.29, 0.717) is 62.3 Å². The summed E-state index contributed by atoms with van der Waals surface area (Å²) in [6, 6.07) is 0. The Kier molecular flexibility index (Phi) is 81.2. The lowest BCUT2D eigenvalue weighted by molar-refractivity contribution is -0.154. The van der Waals surface area contributed by atoms with E-state index in [1.54, 1.807) is 47.0 Å². The highest BCUT2D eigenvalue weighted by Gasteiger charge is 2.23. The van der Waals surface area contributed by atoms with Crippen molar-refractivity contribution in [3.8, 4) is 0 Å². The van der Waals surface area contributed by atoms with E-state index >= 15 is 0 Å². The summed E-state index contributed by atoms with van der Waals surface area (Å²) in [5, 5.41) is 0. The van der Waals surface area contributed by atoms with Crippen LogP contribution >= 0.6 is 47.0 Å². The van der Waals surface area contributed by atoms with Crippen LogP contribution in [0.2, 0.25) is 0 Å². The predicted molar refractivity (Wildman–Crippen MR) is 494 cm³/mol. The van der Waals surface area contributed by atoms with Gasteiger partial charge in [0.1, 0.15) is 52.9 Å².